The second-order valence-corrected chi connectivity index (χ2v) is 7.03. The maximum Gasteiger partial charge on any atom is 0.226 e. The number of hydrogen-bond donors (Lipinski definition) is 0. The largest absolute Gasteiger partial charge is 0.444 e. The van der Waals surface area contributed by atoms with E-state index >= 15 is 0 Å². The van der Waals surface area contributed by atoms with E-state index in [4.69, 9.17) is 16.0 Å². The summed E-state index contributed by atoms with van der Waals surface area (Å²) in [5, 5.41) is 13.2. The maximum absolute atomic E-state index is 6.05. The van der Waals surface area contributed by atoms with Crippen molar-refractivity contribution in [2.45, 2.75) is 17.8 Å². The first kappa shape index (κ1) is 16.8. The Bertz CT molecular complexity index is 1030. The molecule has 4 aromatic rings. The lowest BCUT2D eigenvalue weighted by Gasteiger charge is -2.03. The van der Waals surface area contributed by atoms with E-state index in [0.717, 1.165) is 16.9 Å². The van der Waals surface area contributed by atoms with Crippen LogP contribution in [0.1, 0.15) is 11.3 Å². The molecule has 4 rings (SSSR count). The summed E-state index contributed by atoms with van der Waals surface area (Å²) in [6.07, 6.45) is 1.66. The van der Waals surface area contributed by atoms with E-state index in [9.17, 15) is 0 Å². The van der Waals surface area contributed by atoms with Gasteiger partial charge in [-0.3, -0.25) is 0 Å². The Balaban J connectivity index is 1.49. The van der Waals surface area contributed by atoms with Gasteiger partial charge in [0.25, 0.3) is 0 Å². The summed E-state index contributed by atoms with van der Waals surface area (Å²) in [4.78, 5) is 4.54. The molecule has 0 atom stereocenters. The van der Waals surface area contributed by atoms with Crippen LogP contribution in [0.2, 0.25) is 5.02 Å². The van der Waals surface area contributed by atoms with Gasteiger partial charge in [0.05, 0.1) is 11.4 Å². The van der Waals surface area contributed by atoms with Crippen molar-refractivity contribution in [3.63, 3.8) is 0 Å². The molecule has 0 aliphatic carbocycles. The van der Waals surface area contributed by atoms with Gasteiger partial charge in [-0.25, -0.2) is 4.98 Å². The molecule has 0 amide bonds. The molecule has 0 fully saturated rings. The van der Waals surface area contributed by atoms with Crippen LogP contribution in [0.15, 0.2) is 64.4 Å². The van der Waals surface area contributed by atoms with E-state index in [1.54, 1.807) is 10.9 Å². The summed E-state index contributed by atoms with van der Waals surface area (Å²) in [5.41, 5.74) is 3.79. The molecule has 0 aliphatic rings. The molecule has 6 nitrogen and oxygen atoms in total. The highest BCUT2D eigenvalue weighted by molar-refractivity contribution is 7.98. The summed E-state index contributed by atoms with van der Waals surface area (Å²) >= 11 is 7.53. The quantitative estimate of drug-likeness (QED) is 0.470. The molecule has 0 bridgehead atoms. The lowest BCUT2D eigenvalue weighted by molar-refractivity contribution is 0.573. The molecule has 2 aromatic carbocycles. The van der Waals surface area contributed by atoms with Crippen molar-refractivity contribution >= 4 is 23.4 Å². The monoisotopic (exact) mass is 383 g/mol. The SMILES string of the molecule is Cc1ccc(-c2nc(CSc3nnnn3-c3cccc(Cl)c3)co2)cc1. The number of aryl methyl sites for hydroxylation is 1. The standard InChI is InChI=1S/C18H14ClN5OS/c1-12-5-7-13(8-6-12)17-20-15(10-25-17)11-26-18-21-22-23-24(18)16-4-2-3-14(19)9-16/h2-10H,11H2,1H3. The molecular weight excluding hydrogens is 370 g/mol. The Hall–Kier alpha value is -2.64. The zero-order valence-electron chi connectivity index (χ0n) is 13.8. The van der Waals surface area contributed by atoms with Crippen LogP contribution in [0, 0.1) is 6.92 Å². The number of thioether (sulfide) groups is 1. The van der Waals surface area contributed by atoms with E-state index < -0.39 is 0 Å². The summed E-state index contributed by atoms with van der Waals surface area (Å²) in [6.45, 7) is 2.05. The van der Waals surface area contributed by atoms with Crippen LogP contribution >= 0.6 is 23.4 Å². The van der Waals surface area contributed by atoms with Crippen molar-refractivity contribution in [2.24, 2.45) is 0 Å². The van der Waals surface area contributed by atoms with Gasteiger partial charge < -0.3 is 4.42 Å². The van der Waals surface area contributed by atoms with Crippen molar-refractivity contribution in [1.82, 2.24) is 25.2 Å². The first-order valence-electron chi connectivity index (χ1n) is 7.87. The molecule has 0 spiro atoms. The molecule has 8 heteroatoms. The molecule has 0 saturated heterocycles. The van der Waals surface area contributed by atoms with Crippen LogP contribution in [0.4, 0.5) is 0 Å². The number of benzene rings is 2. The molecule has 0 N–H and O–H groups in total. The number of nitrogens with zero attached hydrogens (tertiary/aromatic N) is 5. The Morgan fingerprint density at radius 1 is 1.15 bits per heavy atom. The highest BCUT2D eigenvalue weighted by atomic mass is 35.5. The Morgan fingerprint density at radius 2 is 2.00 bits per heavy atom. The van der Waals surface area contributed by atoms with Gasteiger partial charge in [0.1, 0.15) is 6.26 Å². The lowest BCUT2D eigenvalue weighted by atomic mass is 10.1. The molecule has 0 aliphatic heterocycles. The van der Waals surface area contributed by atoms with Crippen LogP contribution < -0.4 is 0 Å². The number of aromatic nitrogens is 5. The van der Waals surface area contributed by atoms with E-state index in [-0.39, 0.29) is 0 Å². The summed E-state index contributed by atoms with van der Waals surface area (Å²) in [6, 6.07) is 15.4. The second-order valence-electron chi connectivity index (χ2n) is 5.65. The predicted molar refractivity (Wildman–Crippen MR) is 100 cm³/mol. The van der Waals surface area contributed by atoms with Gasteiger partial charge in [0.2, 0.25) is 11.0 Å². The first-order chi connectivity index (χ1) is 12.7. The van der Waals surface area contributed by atoms with Crippen LogP contribution in [0.25, 0.3) is 17.1 Å². The van der Waals surface area contributed by atoms with Gasteiger partial charge in [-0.2, -0.15) is 4.68 Å². The highest BCUT2D eigenvalue weighted by Crippen LogP contribution is 2.25. The molecule has 0 radical (unpaired) electrons. The second kappa shape index (κ2) is 7.31. The van der Waals surface area contributed by atoms with E-state index in [1.807, 2.05) is 55.5 Å². The van der Waals surface area contributed by atoms with E-state index in [0.29, 0.717) is 21.8 Å². The highest BCUT2D eigenvalue weighted by Gasteiger charge is 2.12. The minimum atomic E-state index is 0.594. The predicted octanol–water partition coefficient (Wildman–Crippen LogP) is 4.57. The number of halogens is 1. The summed E-state index contributed by atoms with van der Waals surface area (Å²) < 4.78 is 7.24. The molecule has 0 unspecified atom stereocenters. The van der Waals surface area contributed by atoms with Crippen molar-refractivity contribution in [3.05, 3.63) is 71.1 Å². The minimum absolute atomic E-state index is 0.594. The average molecular weight is 384 g/mol. The van der Waals surface area contributed by atoms with Crippen molar-refractivity contribution in [3.8, 4) is 17.1 Å². The van der Waals surface area contributed by atoms with Gasteiger partial charge in [0.15, 0.2) is 0 Å². The fourth-order valence-corrected chi connectivity index (χ4v) is 3.33. The molecule has 2 heterocycles. The zero-order chi connectivity index (χ0) is 17.9. The normalized spacial score (nSPS) is 11.0. The number of hydrogen-bond acceptors (Lipinski definition) is 6. The molecule has 0 saturated carbocycles. The van der Waals surface area contributed by atoms with Gasteiger partial charge in [0, 0.05) is 16.3 Å². The Labute approximate surface area is 159 Å². The molecule has 26 heavy (non-hydrogen) atoms. The minimum Gasteiger partial charge on any atom is -0.444 e. The Kier molecular flexibility index (Phi) is 4.73. The number of tetrazole rings is 1. The van der Waals surface area contributed by atoms with E-state index in [1.165, 1.54) is 17.3 Å². The molecule has 2 aromatic heterocycles. The van der Waals surface area contributed by atoms with Gasteiger partial charge in [-0.05, 0) is 47.7 Å². The molecular formula is C18H14ClN5OS. The van der Waals surface area contributed by atoms with Gasteiger partial charge >= 0.3 is 0 Å². The van der Waals surface area contributed by atoms with Crippen LogP contribution in [-0.4, -0.2) is 25.2 Å². The van der Waals surface area contributed by atoms with Crippen molar-refractivity contribution in [2.75, 3.05) is 0 Å². The molecule has 130 valence electrons. The van der Waals surface area contributed by atoms with Crippen LogP contribution in [0.3, 0.4) is 0 Å². The zero-order valence-corrected chi connectivity index (χ0v) is 15.4. The van der Waals surface area contributed by atoms with Gasteiger partial charge in [-0.15, -0.1) is 5.10 Å². The summed E-state index contributed by atoms with van der Waals surface area (Å²) in [5.74, 6) is 1.20. The maximum atomic E-state index is 6.05. The van der Waals surface area contributed by atoms with Crippen molar-refractivity contribution in [1.29, 1.82) is 0 Å². The third-order valence-electron chi connectivity index (χ3n) is 3.69. The third-order valence-corrected chi connectivity index (χ3v) is 4.88. The average Bonchev–Trinajstić information content (AvgIpc) is 3.30. The topological polar surface area (TPSA) is 69.6 Å². The van der Waals surface area contributed by atoms with Crippen LogP contribution in [-0.2, 0) is 5.75 Å². The fraction of sp³-hybridized carbons (Fsp3) is 0.111. The van der Waals surface area contributed by atoms with Gasteiger partial charge in [-0.1, -0.05) is 47.1 Å². The lowest BCUT2D eigenvalue weighted by Crippen LogP contribution is -1.99. The first-order valence-corrected chi connectivity index (χ1v) is 9.24. The fourth-order valence-electron chi connectivity index (χ4n) is 2.38. The third kappa shape index (κ3) is 3.63. The smallest absolute Gasteiger partial charge is 0.226 e. The van der Waals surface area contributed by atoms with Crippen molar-refractivity contribution < 1.29 is 4.42 Å². The number of rotatable bonds is 5. The summed E-state index contributed by atoms with van der Waals surface area (Å²) in [7, 11) is 0. The van der Waals surface area contributed by atoms with Crippen LogP contribution in [0.5, 0.6) is 0 Å². The Morgan fingerprint density at radius 3 is 2.81 bits per heavy atom. The van der Waals surface area contributed by atoms with E-state index in [2.05, 4.69) is 20.5 Å². The number of oxazole rings is 1.